The molecule has 8 heteroatoms. The van der Waals surface area contributed by atoms with Crippen LogP contribution in [-0.2, 0) is 16.6 Å². The maximum Gasteiger partial charge on any atom is 0.246 e. The first kappa shape index (κ1) is 15.7. The summed E-state index contributed by atoms with van der Waals surface area (Å²) in [4.78, 5) is 0.0959. The fraction of sp³-hybridized carbons (Fsp3) is 0.750. The van der Waals surface area contributed by atoms with Crippen LogP contribution in [0.5, 0.6) is 0 Å². The van der Waals surface area contributed by atoms with Gasteiger partial charge in [0.25, 0.3) is 0 Å². The number of thioether (sulfide) groups is 1. The summed E-state index contributed by atoms with van der Waals surface area (Å²) in [5.74, 6) is 0.0744. The zero-order chi connectivity index (χ0) is 14.8. The molecule has 6 nitrogen and oxygen atoms in total. The van der Waals surface area contributed by atoms with Gasteiger partial charge in [0.2, 0.25) is 10.0 Å². The lowest BCUT2D eigenvalue weighted by Gasteiger charge is -2.12. The normalized spacial score (nSPS) is 23.3. The summed E-state index contributed by atoms with van der Waals surface area (Å²) in [6.07, 6.45) is 7.28. The Morgan fingerprint density at radius 1 is 1.55 bits per heavy atom. The van der Waals surface area contributed by atoms with E-state index in [1.165, 1.54) is 6.20 Å². The molecule has 1 aromatic heterocycles. The molecule has 1 saturated carbocycles. The zero-order valence-electron chi connectivity index (χ0n) is 11.9. The van der Waals surface area contributed by atoms with Gasteiger partial charge in [-0.2, -0.15) is 16.9 Å². The Morgan fingerprint density at radius 2 is 2.30 bits per heavy atom. The molecule has 1 aliphatic rings. The number of nitrogens with zero attached hydrogens (tertiary/aromatic N) is 2. The second kappa shape index (κ2) is 6.36. The number of aryl methyl sites for hydroxylation is 1. The van der Waals surface area contributed by atoms with Crippen molar-refractivity contribution >= 4 is 27.6 Å². The molecule has 0 radical (unpaired) electrons. The molecule has 0 bridgehead atoms. The minimum absolute atomic E-state index is 0.00590. The molecule has 1 heterocycles. The number of hydrogen-bond donors (Lipinski definition) is 2. The van der Waals surface area contributed by atoms with Gasteiger partial charge in [0.15, 0.2) is 5.82 Å². The summed E-state index contributed by atoms with van der Waals surface area (Å²) in [6, 6.07) is 0.00590. The van der Waals surface area contributed by atoms with E-state index in [1.54, 1.807) is 16.4 Å². The van der Waals surface area contributed by atoms with Gasteiger partial charge in [-0.15, -0.1) is 0 Å². The molecule has 3 N–H and O–H groups in total. The van der Waals surface area contributed by atoms with E-state index in [9.17, 15) is 8.42 Å². The smallest absolute Gasteiger partial charge is 0.246 e. The summed E-state index contributed by atoms with van der Waals surface area (Å²) in [5.41, 5.74) is 5.73. The summed E-state index contributed by atoms with van der Waals surface area (Å²) in [7, 11) is -3.57. The van der Waals surface area contributed by atoms with Gasteiger partial charge in [0.1, 0.15) is 4.90 Å². The standard InChI is InChI=1S/C12H22N4O2S2/c1-3-6-16-8-11(12(13)14-16)20(17,18)15-9-4-5-10(7-9)19-2/h8-10,15H,3-7H2,1-2H3,(H2,13,14). The number of nitrogens with two attached hydrogens (primary N) is 1. The van der Waals surface area contributed by atoms with Crippen LogP contribution in [0.25, 0.3) is 0 Å². The number of nitrogens with one attached hydrogen (secondary N) is 1. The predicted octanol–water partition coefficient (Wildman–Crippen LogP) is 1.44. The van der Waals surface area contributed by atoms with Crippen molar-refractivity contribution in [2.75, 3.05) is 12.0 Å². The van der Waals surface area contributed by atoms with Crippen molar-refractivity contribution < 1.29 is 8.42 Å². The van der Waals surface area contributed by atoms with Crippen LogP contribution in [0.15, 0.2) is 11.1 Å². The molecule has 2 unspecified atom stereocenters. The molecule has 0 aliphatic heterocycles. The predicted molar refractivity (Wildman–Crippen MR) is 82.2 cm³/mol. The monoisotopic (exact) mass is 318 g/mol. The molecule has 1 aromatic rings. The maximum atomic E-state index is 12.4. The van der Waals surface area contributed by atoms with E-state index in [1.807, 2.05) is 6.92 Å². The quantitative estimate of drug-likeness (QED) is 0.828. The zero-order valence-corrected chi connectivity index (χ0v) is 13.5. The van der Waals surface area contributed by atoms with Crippen molar-refractivity contribution in [2.45, 2.75) is 55.3 Å². The van der Waals surface area contributed by atoms with Crippen LogP contribution in [0, 0.1) is 0 Å². The van der Waals surface area contributed by atoms with Crippen LogP contribution >= 0.6 is 11.8 Å². The molecule has 2 rings (SSSR count). The van der Waals surface area contributed by atoms with E-state index in [2.05, 4.69) is 16.1 Å². The number of anilines is 1. The molecule has 114 valence electrons. The molecule has 20 heavy (non-hydrogen) atoms. The third-order valence-electron chi connectivity index (χ3n) is 3.54. The minimum Gasteiger partial charge on any atom is -0.381 e. The molecule has 1 fully saturated rings. The van der Waals surface area contributed by atoms with E-state index in [4.69, 9.17) is 5.73 Å². The van der Waals surface area contributed by atoms with Crippen LogP contribution in [0.3, 0.4) is 0 Å². The maximum absolute atomic E-state index is 12.4. The average molecular weight is 318 g/mol. The lowest BCUT2D eigenvalue weighted by Crippen LogP contribution is -2.33. The Kier molecular flexibility index (Phi) is 4.98. The largest absolute Gasteiger partial charge is 0.381 e. The highest BCUT2D eigenvalue weighted by Gasteiger charge is 2.30. The van der Waals surface area contributed by atoms with Crippen LogP contribution < -0.4 is 10.5 Å². The van der Waals surface area contributed by atoms with Crippen molar-refractivity contribution in [1.29, 1.82) is 0 Å². The van der Waals surface area contributed by atoms with Crippen molar-refractivity contribution in [3.63, 3.8) is 0 Å². The first-order valence-corrected chi connectivity index (χ1v) is 9.61. The van der Waals surface area contributed by atoms with Gasteiger partial charge in [0.05, 0.1) is 0 Å². The molecule has 2 atom stereocenters. The number of rotatable bonds is 6. The highest BCUT2D eigenvalue weighted by molar-refractivity contribution is 7.99. The van der Waals surface area contributed by atoms with Gasteiger partial charge in [-0.05, 0) is 31.9 Å². The Labute approximate surface area is 124 Å². The lowest BCUT2D eigenvalue weighted by atomic mass is 10.3. The summed E-state index contributed by atoms with van der Waals surface area (Å²) in [6.45, 7) is 2.67. The minimum atomic E-state index is -3.57. The van der Waals surface area contributed by atoms with Gasteiger partial charge in [-0.1, -0.05) is 6.92 Å². The molecule has 0 saturated heterocycles. The topological polar surface area (TPSA) is 90.0 Å². The SMILES string of the molecule is CCCn1cc(S(=O)(=O)NC2CCC(SC)C2)c(N)n1. The molecule has 0 aromatic carbocycles. The number of aromatic nitrogens is 2. The molecular formula is C12H22N4O2S2. The van der Waals surface area contributed by atoms with Crippen molar-refractivity contribution in [3.05, 3.63) is 6.20 Å². The van der Waals surface area contributed by atoms with Crippen LogP contribution in [-0.4, -0.2) is 35.7 Å². The van der Waals surface area contributed by atoms with Gasteiger partial charge < -0.3 is 5.73 Å². The molecular weight excluding hydrogens is 296 g/mol. The van der Waals surface area contributed by atoms with Gasteiger partial charge >= 0.3 is 0 Å². The lowest BCUT2D eigenvalue weighted by molar-refractivity contribution is 0.552. The van der Waals surface area contributed by atoms with E-state index in [0.717, 1.165) is 25.7 Å². The van der Waals surface area contributed by atoms with E-state index in [-0.39, 0.29) is 16.8 Å². The highest BCUT2D eigenvalue weighted by atomic mass is 32.2. The average Bonchev–Trinajstić information content (AvgIpc) is 2.96. The Bertz CT molecular complexity index is 556. The van der Waals surface area contributed by atoms with Gasteiger partial charge in [-0.3, -0.25) is 4.68 Å². The van der Waals surface area contributed by atoms with Crippen molar-refractivity contribution in [2.24, 2.45) is 0 Å². The summed E-state index contributed by atoms with van der Waals surface area (Å²) in [5, 5.41) is 4.59. The van der Waals surface area contributed by atoms with Gasteiger partial charge in [-0.25, -0.2) is 13.1 Å². The van der Waals surface area contributed by atoms with Crippen molar-refractivity contribution in [1.82, 2.24) is 14.5 Å². The molecule has 1 aliphatic carbocycles. The fourth-order valence-corrected chi connectivity index (χ4v) is 4.67. The fourth-order valence-electron chi connectivity index (χ4n) is 2.51. The third kappa shape index (κ3) is 3.48. The van der Waals surface area contributed by atoms with E-state index < -0.39 is 10.0 Å². The summed E-state index contributed by atoms with van der Waals surface area (Å²) >= 11 is 1.80. The Hall–Kier alpha value is -0.730. The number of hydrogen-bond acceptors (Lipinski definition) is 5. The highest BCUT2D eigenvalue weighted by Crippen LogP contribution is 2.29. The van der Waals surface area contributed by atoms with E-state index >= 15 is 0 Å². The van der Waals surface area contributed by atoms with Crippen LogP contribution in [0.1, 0.15) is 32.6 Å². The molecule has 0 amide bonds. The van der Waals surface area contributed by atoms with Crippen LogP contribution in [0.2, 0.25) is 0 Å². The van der Waals surface area contributed by atoms with E-state index in [0.29, 0.717) is 11.8 Å². The first-order valence-electron chi connectivity index (χ1n) is 6.84. The summed E-state index contributed by atoms with van der Waals surface area (Å²) < 4.78 is 29.1. The van der Waals surface area contributed by atoms with Gasteiger partial charge in [0, 0.05) is 24.0 Å². The second-order valence-corrected chi connectivity index (χ2v) is 7.95. The number of sulfonamides is 1. The Balaban J connectivity index is 2.10. The first-order chi connectivity index (χ1) is 9.46. The Morgan fingerprint density at radius 3 is 2.90 bits per heavy atom. The van der Waals surface area contributed by atoms with Crippen molar-refractivity contribution in [3.8, 4) is 0 Å². The molecule has 0 spiro atoms. The second-order valence-electron chi connectivity index (χ2n) is 5.13. The number of nitrogen functional groups attached to an aromatic ring is 1. The third-order valence-corrected chi connectivity index (χ3v) is 6.17. The van der Waals surface area contributed by atoms with Crippen LogP contribution in [0.4, 0.5) is 5.82 Å².